The molecule has 0 aliphatic heterocycles. The Morgan fingerprint density at radius 2 is 2.04 bits per heavy atom. The monoisotopic (exact) mass is 330 g/mol. The lowest BCUT2D eigenvalue weighted by Crippen LogP contribution is -2.15. The van der Waals surface area contributed by atoms with Gasteiger partial charge in [-0.2, -0.15) is 5.10 Å². The minimum absolute atomic E-state index is 0.0847. The summed E-state index contributed by atoms with van der Waals surface area (Å²) in [4.78, 5) is 12.3. The molecule has 23 heavy (non-hydrogen) atoms. The second kappa shape index (κ2) is 6.21. The van der Waals surface area contributed by atoms with Gasteiger partial charge in [0.15, 0.2) is 10.8 Å². The standard InChI is InChI=1S/C15H15ClN6O/c1-10-8-12(21(2)19-10)17-15(23)13-14(16)22(20-18-13)9-11-6-4-3-5-7-11/h3-8H,9H2,1-2H3,(H,17,23). The summed E-state index contributed by atoms with van der Waals surface area (Å²) in [5.74, 6) is 0.151. The second-order valence-corrected chi connectivity index (χ2v) is 5.48. The van der Waals surface area contributed by atoms with E-state index in [1.165, 1.54) is 4.68 Å². The van der Waals surface area contributed by atoms with Crippen LogP contribution in [0.25, 0.3) is 0 Å². The van der Waals surface area contributed by atoms with E-state index in [0.29, 0.717) is 12.4 Å². The molecule has 0 bridgehead atoms. The van der Waals surface area contributed by atoms with Gasteiger partial charge in [-0.3, -0.25) is 9.48 Å². The maximum absolute atomic E-state index is 12.3. The molecule has 8 heteroatoms. The predicted molar refractivity (Wildman–Crippen MR) is 86.5 cm³/mol. The number of benzene rings is 1. The Morgan fingerprint density at radius 1 is 1.30 bits per heavy atom. The Balaban J connectivity index is 1.78. The van der Waals surface area contributed by atoms with Gasteiger partial charge in [0.25, 0.3) is 5.91 Å². The molecule has 0 spiro atoms. The molecule has 0 fully saturated rings. The van der Waals surface area contributed by atoms with Crippen molar-refractivity contribution in [3.8, 4) is 0 Å². The smallest absolute Gasteiger partial charge is 0.280 e. The summed E-state index contributed by atoms with van der Waals surface area (Å²) in [5, 5.41) is 14.9. The van der Waals surface area contributed by atoms with Crippen molar-refractivity contribution in [2.45, 2.75) is 13.5 Å². The van der Waals surface area contributed by atoms with Crippen LogP contribution in [0.1, 0.15) is 21.7 Å². The molecule has 0 radical (unpaired) electrons. The van der Waals surface area contributed by atoms with E-state index < -0.39 is 5.91 Å². The Morgan fingerprint density at radius 3 is 2.70 bits per heavy atom. The number of rotatable bonds is 4. The number of carbonyl (C=O) groups is 1. The van der Waals surface area contributed by atoms with E-state index in [1.54, 1.807) is 17.8 Å². The van der Waals surface area contributed by atoms with Crippen LogP contribution in [0.5, 0.6) is 0 Å². The number of halogens is 1. The average molecular weight is 331 g/mol. The van der Waals surface area contributed by atoms with E-state index >= 15 is 0 Å². The van der Waals surface area contributed by atoms with Gasteiger partial charge < -0.3 is 5.32 Å². The summed E-state index contributed by atoms with van der Waals surface area (Å²) < 4.78 is 3.07. The number of carbonyl (C=O) groups excluding carboxylic acids is 1. The molecule has 2 aromatic heterocycles. The van der Waals surface area contributed by atoms with Crippen molar-refractivity contribution < 1.29 is 4.79 Å². The van der Waals surface area contributed by atoms with Gasteiger partial charge in [-0.05, 0) is 12.5 Å². The van der Waals surface area contributed by atoms with E-state index in [-0.39, 0.29) is 10.8 Å². The lowest BCUT2D eigenvalue weighted by molar-refractivity contribution is 0.102. The molecule has 1 amide bonds. The molecule has 2 heterocycles. The first kappa shape index (κ1) is 15.2. The van der Waals surface area contributed by atoms with Crippen LogP contribution in [-0.4, -0.2) is 30.7 Å². The molecule has 1 aromatic carbocycles. The molecule has 118 valence electrons. The van der Waals surface area contributed by atoms with Crippen LogP contribution < -0.4 is 5.32 Å². The normalized spacial score (nSPS) is 10.7. The highest BCUT2D eigenvalue weighted by Crippen LogP contribution is 2.17. The lowest BCUT2D eigenvalue weighted by Gasteiger charge is -2.04. The predicted octanol–water partition coefficient (Wildman–Crippen LogP) is 2.27. The summed E-state index contributed by atoms with van der Waals surface area (Å²) in [5.41, 5.74) is 1.91. The zero-order valence-corrected chi connectivity index (χ0v) is 13.4. The Kier molecular flexibility index (Phi) is 4.12. The SMILES string of the molecule is Cc1cc(NC(=O)c2nnn(Cc3ccccc3)c2Cl)n(C)n1. The van der Waals surface area contributed by atoms with E-state index in [9.17, 15) is 4.79 Å². The van der Waals surface area contributed by atoms with Crippen LogP contribution in [0.2, 0.25) is 5.15 Å². The summed E-state index contributed by atoms with van der Waals surface area (Å²) in [6.45, 7) is 2.30. The van der Waals surface area contributed by atoms with Crippen molar-refractivity contribution >= 4 is 23.3 Å². The topological polar surface area (TPSA) is 77.6 Å². The minimum atomic E-state index is -0.419. The van der Waals surface area contributed by atoms with Gasteiger partial charge in [-0.15, -0.1) is 5.10 Å². The van der Waals surface area contributed by atoms with Gasteiger partial charge in [-0.25, -0.2) is 4.68 Å². The second-order valence-electron chi connectivity index (χ2n) is 5.12. The zero-order chi connectivity index (χ0) is 16.4. The van der Waals surface area contributed by atoms with Crippen molar-refractivity contribution in [3.63, 3.8) is 0 Å². The molecule has 0 aliphatic carbocycles. The van der Waals surface area contributed by atoms with Gasteiger partial charge in [0.2, 0.25) is 0 Å². The highest BCUT2D eigenvalue weighted by molar-refractivity contribution is 6.33. The summed E-state index contributed by atoms with van der Waals surface area (Å²) >= 11 is 6.24. The number of amides is 1. The molecule has 0 saturated carbocycles. The first-order chi connectivity index (χ1) is 11.0. The number of aryl methyl sites for hydroxylation is 2. The number of nitrogens with one attached hydrogen (secondary N) is 1. The fourth-order valence-electron chi connectivity index (χ4n) is 2.20. The third-order valence-electron chi connectivity index (χ3n) is 3.31. The van der Waals surface area contributed by atoms with Crippen molar-refractivity contribution in [2.75, 3.05) is 5.32 Å². The molecule has 7 nitrogen and oxygen atoms in total. The van der Waals surface area contributed by atoms with Crippen molar-refractivity contribution in [1.29, 1.82) is 0 Å². The van der Waals surface area contributed by atoms with E-state index in [2.05, 4.69) is 20.7 Å². The third-order valence-corrected chi connectivity index (χ3v) is 3.68. The molecule has 0 saturated heterocycles. The van der Waals surface area contributed by atoms with Crippen molar-refractivity contribution in [2.24, 2.45) is 7.05 Å². The third kappa shape index (κ3) is 3.24. The molecule has 1 N–H and O–H groups in total. The molecule has 0 unspecified atom stereocenters. The molecule has 0 aliphatic rings. The van der Waals surface area contributed by atoms with Gasteiger partial charge in [0.05, 0.1) is 12.2 Å². The van der Waals surface area contributed by atoms with Gasteiger partial charge in [-0.1, -0.05) is 47.1 Å². The van der Waals surface area contributed by atoms with E-state index in [0.717, 1.165) is 11.3 Å². The van der Waals surface area contributed by atoms with E-state index in [1.807, 2.05) is 37.3 Å². The Hall–Kier alpha value is -2.67. The van der Waals surface area contributed by atoms with Gasteiger partial charge in [0, 0.05) is 13.1 Å². The average Bonchev–Trinajstić information content (AvgIpc) is 3.03. The van der Waals surface area contributed by atoms with E-state index in [4.69, 9.17) is 11.6 Å². The van der Waals surface area contributed by atoms with Crippen molar-refractivity contribution in [3.05, 3.63) is 58.5 Å². The van der Waals surface area contributed by atoms with Gasteiger partial charge in [0.1, 0.15) is 5.82 Å². The maximum Gasteiger partial charge on any atom is 0.280 e. The van der Waals surface area contributed by atoms with Crippen molar-refractivity contribution in [1.82, 2.24) is 24.8 Å². The highest BCUT2D eigenvalue weighted by atomic mass is 35.5. The Labute approximate surface area is 137 Å². The quantitative estimate of drug-likeness (QED) is 0.796. The number of aromatic nitrogens is 5. The lowest BCUT2D eigenvalue weighted by atomic mass is 10.2. The van der Waals surface area contributed by atoms with Crippen LogP contribution in [0.4, 0.5) is 5.82 Å². The number of anilines is 1. The van der Waals surface area contributed by atoms with Crippen LogP contribution in [0.15, 0.2) is 36.4 Å². The largest absolute Gasteiger partial charge is 0.305 e. The number of hydrogen-bond acceptors (Lipinski definition) is 4. The van der Waals surface area contributed by atoms with Gasteiger partial charge >= 0.3 is 0 Å². The molecule has 3 aromatic rings. The van der Waals surface area contributed by atoms with Crippen LogP contribution >= 0.6 is 11.6 Å². The first-order valence-electron chi connectivity index (χ1n) is 6.99. The highest BCUT2D eigenvalue weighted by Gasteiger charge is 2.19. The summed E-state index contributed by atoms with van der Waals surface area (Å²) in [7, 11) is 1.75. The van der Waals surface area contributed by atoms with Crippen LogP contribution in [0.3, 0.4) is 0 Å². The minimum Gasteiger partial charge on any atom is -0.305 e. The maximum atomic E-state index is 12.3. The van der Waals surface area contributed by atoms with Crippen LogP contribution in [0, 0.1) is 6.92 Å². The summed E-state index contributed by atoms with van der Waals surface area (Å²) in [6, 6.07) is 11.5. The zero-order valence-electron chi connectivity index (χ0n) is 12.7. The fourth-order valence-corrected chi connectivity index (χ4v) is 2.42. The first-order valence-corrected chi connectivity index (χ1v) is 7.37. The number of nitrogens with zero attached hydrogens (tertiary/aromatic N) is 5. The fraction of sp³-hybridized carbons (Fsp3) is 0.200. The number of hydrogen-bond donors (Lipinski definition) is 1. The molecule has 3 rings (SSSR count). The summed E-state index contributed by atoms with van der Waals surface area (Å²) in [6.07, 6.45) is 0. The molecule has 0 atom stereocenters. The Bertz CT molecular complexity index is 839. The van der Waals surface area contributed by atoms with Crippen LogP contribution in [-0.2, 0) is 13.6 Å². The molecular formula is C15H15ClN6O. The molecular weight excluding hydrogens is 316 g/mol.